The average Bonchev–Trinajstić information content (AvgIpc) is 2.75. The molecule has 0 radical (unpaired) electrons. The van der Waals surface area contributed by atoms with Crippen molar-refractivity contribution in [2.24, 2.45) is 4.99 Å². The van der Waals surface area contributed by atoms with Gasteiger partial charge >= 0.3 is 5.97 Å². The van der Waals surface area contributed by atoms with E-state index in [0.717, 1.165) is 0 Å². The maximum atomic E-state index is 11.6. The smallest absolute Gasteiger partial charge is 0.343 e. The van der Waals surface area contributed by atoms with Gasteiger partial charge in [-0.05, 0) is 13.8 Å². The monoisotopic (exact) mass is 238 g/mol. The minimum atomic E-state index is -0.675. The molecule has 0 saturated heterocycles. The number of nitrogens with zero attached hydrogens (tertiary/aromatic N) is 2. The predicted molar refractivity (Wildman–Crippen MR) is 61.8 cm³/mol. The van der Waals surface area contributed by atoms with Gasteiger partial charge < -0.3 is 14.4 Å². The molecule has 0 unspecified atom stereocenters. The van der Waals surface area contributed by atoms with Crippen molar-refractivity contribution in [3.05, 3.63) is 23.1 Å². The first-order chi connectivity index (χ1) is 8.01. The summed E-state index contributed by atoms with van der Waals surface area (Å²) in [5, 5.41) is 13.6. The number of hydrogen-bond acceptors (Lipinski definition) is 6. The Labute approximate surface area is 98.6 Å². The molecule has 0 fully saturated rings. The fourth-order valence-corrected chi connectivity index (χ4v) is 1.24. The van der Waals surface area contributed by atoms with Crippen LogP contribution in [0.3, 0.4) is 0 Å². The maximum absolute atomic E-state index is 11.6. The Morgan fingerprint density at radius 1 is 1.59 bits per heavy atom. The lowest BCUT2D eigenvalue weighted by molar-refractivity contribution is -0.135. The molecular weight excluding hydrogens is 224 g/mol. The van der Waals surface area contributed by atoms with E-state index in [1.54, 1.807) is 13.8 Å². The third-order valence-electron chi connectivity index (χ3n) is 2.19. The fourth-order valence-electron chi connectivity index (χ4n) is 1.24. The van der Waals surface area contributed by atoms with Gasteiger partial charge in [-0.15, -0.1) is 0 Å². The van der Waals surface area contributed by atoms with Crippen molar-refractivity contribution in [3.63, 3.8) is 0 Å². The fraction of sp³-hybridized carbons (Fsp3) is 0.364. The summed E-state index contributed by atoms with van der Waals surface area (Å²) < 4.78 is 9.42. The Morgan fingerprint density at radius 2 is 2.24 bits per heavy atom. The minimum absolute atomic E-state index is 0.0247. The number of hydrogen-bond donors (Lipinski definition) is 1. The first kappa shape index (κ1) is 13.0. The minimum Gasteiger partial charge on any atom is -0.505 e. The van der Waals surface area contributed by atoms with Gasteiger partial charge in [0, 0.05) is 18.8 Å². The molecule has 0 aromatic carbocycles. The Morgan fingerprint density at radius 3 is 2.65 bits per heavy atom. The lowest BCUT2D eigenvalue weighted by Gasteiger charge is -2.06. The van der Waals surface area contributed by atoms with Crippen LogP contribution in [0.1, 0.15) is 18.4 Å². The van der Waals surface area contributed by atoms with Crippen LogP contribution >= 0.6 is 0 Å². The van der Waals surface area contributed by atoms with E-state index in [4.69, 9.17) is 4.52 Å². The van der Waals surface area contributed by atoms with E-state index in [0.29, 0.717) is 11.5 Å². The van der Waals surface area contributed by atoms with Crippen LogP contribution < -0.4 is 0 Å². The van der Waals surface area contributed by atoms with Crippen LogP contribution in [-0.4, -0.2) is 36.1 Å². The summed E-state index contributed by atoms with van der Waals surface area (Å²) in [5.74, 6) is -0.454. The van der Waals surface area contributed by atoms with Gasteiger partial charge in [0.25, 0.3) is 0 Å². The van der Waals surface area contributed by atoms with Gasteiger partial charge in [-0.1, -0.05) is 5.16 Å². The number of aliphatic hydroxyl groups excluding tert-OH is 1. The molecule has 92 valence electrons. The largest absolute Gasteiger partial charge is 0.505 e. The van der Waals surface area contributed by atoms with E-state index in [2.05, 4.69) is 14.9 Å². The van der Waals surface area contributed by atoms with Gasteiger partial charge in [-0.3, -0.25) is 4.99 Å². The highest BCUT2D eigenvalue weighted by Gasteiger charge is 2.21. The van der Waals surface area contributed by atoms with Crippen LogP contribution in [0.5, 0.6) is 0 Å². The van der Waals surface area contributed by atoms with Gasteiger partial charge in [0.15, 0.2) is 5.76 Å². The highest BCUT2D eigenvalue weighted by Crippen LogP contribution is 2.18. The van der Waals surface area contributed by atoms with Crippen LogP contribution in [0.4, 0.5) is 0 Å². The Bertz CT molecular complexity index is 485. The zero-order chi connectivity index (χ0) is 13.0. The van der Waals surface area contributed by atoms with E-state index in [9.17, 15) is 9.90 Å². The van der Waals surface area contributed by atoms with Crippen LogP contribution in [-0.2, 0) is 9.53 Å². The second kappa shape index (κ2) is 5.29. The molecule has 0 spiro atoms. The van der Waals surface area contributed by atoms with Crippen LogP contribution in [0.15, 0.2) is 21.2 Å². The summed E-state index contributed by atoms with van der Waals surface area (Å²) in [7, 11) is 2.74. The molecule has 1 heterocycles. The number of ether oxygens (including phenoxy) is 1. The first-order valence-electron chi connectivity index (χ1n) is 4.90. The Hall–Kier alpha value is -2.11. The van der Waals surface area contributed by atoms with Crippen molar-refractivity contribution in [2.45, 2.75) is 13.8 Å². The number of esters is 1. The summed E-state index contributed by atoms with van der Waals surface area (Å²) in [6, 6.07) is 1.52. The number of aliphatic imine (C=N–C) groups is 1. The van der Waals surface area contributed by atoms with Crippen molar-refractivity contribution in [3.8, 4) is 0 Å². The summed E-state index contributed by atoms with van der Waals surface area (Å²) in [6.07, 6.45) is 0. The third kappa shape index (κ3) is 2.72. The summed E-state index contributed by atoms with van der Waals surface area (Å²) in [5.41, 5.74) is 0.504. The number of carbonyl (C=O) groups excluding carboxylic acids is 1. The van der Waals surface area contributed by atoms with Crippen LogP contribution in [0.2, 0.25) is 0 Å². The van der Waals surface area contributed by atoms with E-state index in [1.165, 1.54) is 20.2 Å². The SMILES string of the molecule is CN=C(C)/C(C(=O)OC)=C(/O)c1cc(C)on1. The molecule has 1 aromatic rings. The number of rotatable bonds is 3. The Balaban J connectivity index is 3.33. The zero-order valence-electron chi connectivity index (χ0n) is 10.1. The molecule has 17 heavy (non-hydrogen) atoms. The quantitative estimate of drug-likeness (QED) is 0.373. The number of methoxy groups -OCH3 is 1. The molecule has 0 aliphatic carbocycles. The molecule has 0 bridgehead atoms. The summed E-state index contributed by atoms with van der Waals surface area (Å²) in [4.78, 5) is 15.4. The topological polar surface area (TPSA) is 84.9 Å². The first-order valence-corrected chi connectivity index (χ1v) is 4.90. The molecule has 6 heteroatoms. The second-order valence-electron chi connectivity index (χ2n) is 3.35. The average molecular weight is 238 g/mol. The zero-order valence-corrected chi connectivity index (χ0v) is 10.1. The second-order valence-corrected chi connectivity index (χ2v) is 3.35. The standard InChI is InChI=1S/C11H14N2O4/c1-6-5-8(13-17-6)10(14)9(7(2)12-3)11(15)16-4/h5,14H,1-4H3/b10-9-,12-7?. The highest BCUT2D eigenvalue weighted by atomic mass is 16.5. The van der Waals surface area contributed by atoms with E-state index in [-0.39, 0.29) is 17.0 Å². The van der Waals surface area contributed by atoms with E-state index in [1.807, 2.05) is 0 Å². The van der Waals surface area contributed by atoms with Gasteiger partial charge in [-0.25, -0.2) is 4.79 Å². The summed E-state index contributed by atoms with van der Waals surface area (Å²) >= 11 is 0. The van der Waals surface area contributed by atoms with Crippen molar-refractivity contribution in [1.29, 1.82) is 0 Å². The molecular formula is C11H14N2O4. The van der Waals surface area contributed by atoms with Gasteiger partial charge in [-0.2, -0.15) is 0 Å². The summed E-state index contributed by atoms with van der Waals surface area (Å²) in [6.45, 7) is 3.28. The number of aryl methyl sites for hydroxylation is 1. The highest BCUT2D eigenvalue weighted by molar-refractivity contribution is 6.23. The van der Waals surface area contributed by atoms with Crippen molar-refractivity contribution in [1.82, 2.24) is 5.16 Å². The predicted octanol–water partition coefficient (Wildman–Crippen LogP) is 1.52. The lowest BCUT2D eigenvalue weighted by atomic mass is 10.1. The van der Waals surface area contributed by atoms with Crippen LogP contribution in [0, 0.1) is 6.92 Å². The van der Waals surface area contributed by atoms with Crippen LogP contribution in [0.25, 0.3) is 5.76 Å². The van der Waals surface area contributed by atoms with Gasteiger partial charge in [0.2, 0.25) is 0 Å². The van der Waals surface area contributed by atoms with E-state index < -0.39 is 5.97 Å². The third-order valence-corrected chi connectivity index (χ3v) is 2.19. The Kier molecular flexibility index (Phi) is 4.03. The number of aromatic nitrogens is 1. The molecule has 0 saturated carbocycles. The van der Waals surface area contributed by atoms with Crippen molar-refractivity contribution >= 4 is 17.4 Å². The molecule has 1 rings (SSSR count). The maximum Gasteiger partial charge on any atom is 0.343 e. The molecule has 0 atom stereocenters. The molecule has 6 nitrogen and oxygen atoms in total. The molecule has 1 aromatic heterocycles. The normalized spacial score (nSPS) is 13.3. The molecule has 1 N–H and O–H groups in total. The number of carbonyl (C=O) groups is 1. The number of aliphatic hydroxyl groups is 1. The lowest BCUT2D eigenvalue weighted by Crippen LogP contribution is -2.14. The van der Waals surface area contributed by atoms with E-state index >= 15 is 0 Å². The van der Waals surface area contributed by atoms with Crippen molar-refractivity contribution in [2.75, 3.05) is 14.2 Å². The molecule has 0 aliphatic heterocycles. The van der Waals surface area contributed by atoms with Gasteiger partial charge in [0.1, 0.15) is 17.0 Å². The van der Waals surface area contributed by atoms with Crippen molar-refractivity contribution < 1.29 is 19.2 Å². The van der Waals surface area contributed by atoms with Gasteiger partial charge in [0.05, 0.1) is 7.11 Å². The molecule has 0 aliphatic rings. The molecule has 0 amide bonds.